The minimum Gasteiger partial charge on any atom is -0.354 e. The second-order valence-corrected chi connectivity index (χ2v) is 6.57. The molecule has 7 nitrogen and oxygen atoms in total. The highest BCUT2D eigenvalue weighted by molar-refractivity contribution is 5.82. The quantitative estimate of drug-likeness (QED) is 0.869. The standard InChI is InChI=1S/C16H17F3N6O/c1-8-11(7-22-25(8)12-4-5-20-14(12)26)23-15-21-6-10(16(17,18)19)13(24-15)9-2-3-9/h6-7,9,12H,2-5H2,1H3,(H,20,26)(H,21,23,24)/t12-/m0/s1. The summed E-state index contributed by atoms with van der Waals surface area (Å²) in [5.74, 6) is -0.163. The topological polar surface area (TPSA) is 84.7 Å². The van der Waals surface area contributed by atoms with Crippen LogP contribution in [0.3, 0.4) is 0 Å². The monoisotopic (exact) mass is 366 g/mol. The van der Waals surface area contributed by atoms with Gasteiger partial charge in [0.2, 0.25) is 11.9 Å². The van der Waals surface area contributed by atoms with E-state index < -0.39 is 11.7 Å². The van der Waals surface area contributed by atoms with Crippen LogP contribution in [0.5, 0.6) is 0 Å². The van der Waals surface area contributed by atoms with Crippen LogP contribution in [-0.2, 0) is 11.0 Å². The van der Waals surface area contributed by atoms with Crippen molar-refractivity contribution in [2.24, 2.45) is 0 Å². The van der Waals surface area contributed by atoms with E-state index in [-0.39, 0.29) is 29.5 Å². The Labute approximate surface area is 147 Å². The summed E-state index contributed by atoms with van der Waals surface area (Å²) in [6.07, 6.45) is -0.0665. The maximum atomic E-state index is 13.1. The fourth-order valence-electron chi connectivity index (χ4n) is 3.14. The molecular formula is C16H17F3N6O. The molecule has 1 aliphatic carbocycles. The zero-order valence-corrected chi connectivity index (χ0v) is 14.0. The minimum atomic E-state index is -4.47. The Morgan fingerprint density at radius 2 is 2.04 bits per heavy atom. The molecule has 1 saturated heterocycles. The smallest absolute Gasteiger partial charge is 0.354 e. The van der Waals surface area contributed by atoms with Crippen LogP contribution < -0.4 is 10.6 Å². The van der Waals surface area contributed by atoms with Gasteiger partial charge in [-0.25, -0.2) is 9.97 Å². The van der Waals surface area contributed by atoms with Crippen molar-refractivity contribution in [1.82, 2.24) is 25.1 Å². The molecule has 2 N–H and O–H groups in total. The number of halogens is 3. The normalized spacial score (nSPS) is 20.3. The molecule has 0 bridgehead atoms. The lowest BCUT2D eigenvalue weighted by atomic mass is 10.1. The van der Waals surface area contributed by atoms with Crippen molar-refractivity contribution in [3.8, 4) is 0 Å². The highest BCUT2D eigenvalue weighted by Gasteiger charge is 2.40. The van der Waals surface area contributed by atoms with Crippen LogP contribution in [0.25, 0.3) is 0 Å². The summed E-state index contributed by atoms with van der Waals surface area (Å²) in [5, 5.41) is 9.91. The first-order valence-corrected chi connectivity index (χ1v) is 8.37. The number of aromatic nitrogens is 4. The van der Waals surface area contributed by atoms with Gasteiger partial charge >= 0.3 is 6.18 Å². The second-order valence-electron chi connectivity index (χ2n) is 6.57. The summed E-state index contributed by atoms with van der Waals surface area (Å²) >= 11 is 0. The van der Waals surface area contributed by atoms with Gasteiger partial charge in [0.15, 0.2) is 0 Å². The van der Waals surface area contributed by atoms with Gasteiger partial charge in [-0.15, -0.1) is 0 Å². The number of hydrogen-bond acceptors (Lipinski definition) is 5. The number of rotatable bonds is 4. The maximum Gasteiger partial charge on any atom is 0.419 e. The first-order valence-electron chi connectivity index (χ1n) is 8.37. The van der Waals surface area contributed by atoms with E-state index >= 15 is 0 Å². The molecule has 3 heterocycles. The number of carbonyl (C=O) groups is 1. The number of carbonyl (C=O) groups excluding carboxylic acids is 1. The summed E-state index contributed by atoms with van der Waals surface area (Å²) in [7, 11) is 0. The molecule has 0 spiro atoms. The molecular weight excluding hydrogens is 349 g/mol. The van der Waals surface area contributed by atoms with Crippen LogP contribution in [-0.4, -0.2) is 32.2 Å². The lowest BCUT2D eigenvalue weighted by molar-refractivity contribution is -0.138. The number of amides is 1. The SMILES string of the molecule is Cc1c(Nc2ncc(C(F)(F)F)c(C3CC3)n2)cnn1[C@H]1CCNC1=O. The summed E-state index contributed by atoms with van der Waals surface area (Å²) < 4.78 is 41.0. The van der Waals surface area contributed by atoms with E-state index in [4.69, 9.17) is 0 Å². The molecule has 2 fully saturated rings. The predicted molar refractivity (Wildman–Crippen MR) is 85.9 cm³/mol. The van der Waals surface area contributed by atoms with Crippen molar-refractivity contribution < 1.29 is 18.0 Å². The molecule has 1 amide bonds. The molecule has 1 atom stereocenters. The van der Waals surface area contributed by atoms with Gasteiger partial charge in [-0.1, -0.05) is 0 Å². The average molecular weight is 366 g/mol. The highest BCUT2D eigenvalue weighted by atomic mass is 19.4. The summed E-state index contributed by atoms with van der Waals surface area (Å²) in [5.41, 5.74) is 0.519. The first kappa shape index (κ1) is 16.8. The molecule has 26 heavy (non-hydrogen) atoms. The van der Waals surface area contributed by atoms with Gasteiger partial charge in [0.25, 0.3) is 0 Å². The van der Waals surface area contributed by atoms with Crippen molar-refractivity contribution >= 4 is 17.5 Å². The fraction of sp³-hybridized carbons (Fsp3) is 0.500. The fourth-order valence-corrected chi connectivity index (χ4v) is 3.14. The Bertz CT molecular complexity index is 858. The van der Waals surface area contributed by atoms with E-state index in [9.17, 15) is 18.0 Å². The molecule has 2 aliphatic rings. The number of anilines is 2. The highest BCUT2D eigenvalue weighted by Crippen LogP contribution is 2.45. The van der Waals surface area contributed by atoms with Gasteiger partial charge in [0.1, 0.15) is 6.04 Å². The van der Waals surface area contributed by atoms with Crippen molar-refractivity contribution in [1.29, 1.82) is 0 Å². The number of nitrogens with zero attached hydrogens (tertiary/aromatic N) is 4. The Hall–Kier alpha value is -2.65. The Balaban J connectivity index is 1.61. The maximum absolute atomic E-state index is 13.1. The van der Waals surface area contributed by atoms with E-state index in [2.05, 4.69) is 25.7 Å². The molecule has 1 saturated carbocycles. The van der Waals surface area contributed by atoms with Gasteiger partial charge in [0, 0.05) is 18.7 Å². The third kappa shape index (κ3) is 2.99. The van der Waals surface area contributed by atoms with Crippen LogP contribution in [0.1, 0.15) is 48.2 Å². The van der Waals surface area contributed by atoms with Gasteiger partial charge < -0.3 is 10.6 Å². The van der Waals surface area contributed by atoms with Crippen LogP contribution >= 0.6 is 0 Å². The van der Waals surface area contributed by atoms with Crippen LogP contribution in [0, 0.1) is 6.92 Å². The van der Waals surface area contributed by atoms with E-state index in [1.54, 1.807) is 11.6 Å². The lowest BCUT2D eigenvalue weighted by Gasteiger charge is -2.13. The molecule has 138 valence electrons. The Morgan fingerprint density at radius 1 is 1.27 bits per heavy atom. The van der Waals surface area contributed by atoms with E-state index in [1.807, 2.05) is 0 Å². The number of alkyl halides is 3. The van der Waals surface area contributed by atoms with Gasteiger partial charge in [-0.05, 0) is 26.2 Å². The number of nitrogens with one attached hydrogen (secondary N) is 2. The second kappa shape index (κ2) is 5.96. The third-order valence-corrected chi connectivity index (χ3v) is 4.69. The predicted octanol–water partition coefficient (Wildman–Crippen LogP) is 2.68. The Morgan fingerprint density at radius 3 is 2.65 bits per heavy atom. The molecule has 0 unspecified atom stereocenters. The average Bonchev–Trinajstić information content (AvgIpc) is 3.26. The van der Waals surface area contributed by atoms with E-state index in [0.717, 1.165) is 6.20 Å². The zero-order chi connectivity index (χ0) is 18.5. The zero-order valence-electron chi connectivity index (χ0n) is 14.0. The van der Waals surface area contributed by atoms with Gasteiger partial charge in [-0.3, -0.25) is 9.48 Å². The van der Waals surface area contributed by atoms with Crippen molar-refractivity contribution in [3.05, 3.63) is 29.3 Å². The van der Waals surface area contributed by atoms with Crippen molar-refractivity contribution in [3.63, 3.8) is 0 Å². The molecule has 2 aromatic rings. The summed E-state index contributed by atoms with van der Waals surface area (Å²) in [6.45, 7) is 2.38. The van der Waals surface area contributed by atoms with Crippen molar-refractivity contribution in [2.45, 2.75) is 44.3 Å². The molecule has 1 aliphatic heterocycles. The molecule has 2 aromatic heterocycles. The van der Waals surface area contributed by atoms with Crippen LogP contribution in [0.2, 0.25) is 0 Å². The molecule has 0 radical (unpaired) electrons. The molecule has 0 aromatic carbocycles. The third-order valence-electron chi connectivity index (χ3n) is 4.69. The Kier molecular flexibility index (Phi) is 3.85. The first-order chi connectivity index (χ1) is 12.3. The number of hydrogen-bond donors (Lipinski definition) is 2. The van der Waals surface area contributed by atoms with Gasteiger partial charge in [-0.2, -0.15) is 18.3 Å². The molecule has 4 rings (SSSR count). The van der Waals surface area contributed by atoms with Crippen LogP contribution in [0.4, 0.5) is 24.8 Å². The summed E-state index contributed by atoms with van der Waals surface area (Å²) in [6, 6.07) is -0.374. The summed E-state index contributed by atoms with van der Waals surface area (Å²) in [4.78, 5) is 19.7. The largest absolute Gasteiger partial charge is 0.419 e. The molecule has 10 heteroatoms. The van der Waals surface area contributed by atoms with E-state index in [1.165, 1.54) is 6.20 Å². The van der Waals surface area contributed by atoms with Crippen molar-refractivity contribution in [2.75, 3.05) is 11.9 Å². The van der Waals surface area contributed by atoms with Gasteiger partial charge in [0.05, 0.1) is 28.8 Å². The van der Waals surface area contributed by atoms with Crippen LogP contribution in [0.15, 0.2) is 12.4 Å². The lowest BCUT2D eigenvalue weighted by Crippen LogP contribution is -2.23. The van der Waals surface area contributed by atoms with E-state index in [0.29, 0.717) is 37.2 Å². The minimum absolute atomic E-state index is 0.0372.